The third-order valence-corrected chi connectivity index (χ3v) is 2.65. The van der Waals surface area contributed by atoms with Crippen molar-refractivity contribution in [2.45, 2.75) is 45.7 Å². The second-order valence-electron chi connectivity index (χ2n) is 3.79. The Morgan fingerprint density at radius 2 is 2.15 bits per heavy atom. The molecule has 0 aromatic rings. The van der Waals surface area contributed by atoms with Crippen LogP contribution in [-0.4, -0.2) is 24.7 Å². The second-order valence-corrected chi connectivity index (χ2v) is 3.79. The molecule has 0 radical (unpaired) electrons. The first-order valence-corrected chi connectivity index (χ1v) is 5.07. The zero-order chi connectivity index (χ0) is 9.84. The van der Waals surface area contributed by atoms with Crippen LogP contribution in [0.5, 0.6) is 0 Å². The molecule has 1 heterocycles. The van der Waals surface area contributed by atoms with Gasteiger partial charge in [-0.15, -0.1) is 0 Å². The maximum Gasteiger partial charge on any atom is 0.310 e. The van der Waals surface area contributed by atoms with E-state index in [0.29, 0.717) is 12.6 Å². The van der Waals surface area contributed by atoms with E-state index in [1.165, 1.54) is 0 Å². The number of rotatable bonds is 2. The van der Waals surface area contributed by atoms with Crippen molar-refractivity contribution in [1.82, 2.24) is 5.32 Å². The standard InChI is InChI=1S/C10H19NO2/c1-4-13-10(12)9-6-5-7(2)11-8(9)3/h7-9,11H,4-6H2,1-3H3/t7-,8-,9+/m0/s1. The highest BCUT2D eigenvalue weighted by molar-refractivity contribution is 5.73. The van der Waals surface area contributed by atoms with E-state index in [1.807, 2.05) is 6.92 Å². The lowest BCUT2D eigenvalue weighted by atomic mass is 9.89. The van der Waals surface area contributed by atoms with E-state index in [4.69, 9.17) is 4.74 Å². The van der Waals surface area contributed by atoms with Crippen molar-refractivity contribution in [3.63, 3.8) is 0 Å². The summed E-state index contributed by atoms with van der Waals surface area (Å²) in [6.07, 6.45) is 2.02. The summed E-state index contributed by atoms with van der Waals surface area (Å²) in [5, 5.41) is 3.37. The largest absolute Gasteiger partial charge is 0.466 e. The van der Waals surface area contributed by atoms with Crippen LogP contribution in [-0.2, 0) is 9.53 Å². The SMILES string of the molecule is CCOC(=O)[C@@H]1CC[C@H](C)N[C@H]1C. The predicted octanol–water partition coefficient (Wildman–Crippen LogP) is 1.33. The molecule has 1 aliphatic heterocycles. The minimum Gasteiger partial charge on any atom is -0.466 e. The number of esters is 1. The fourth-order valence-corrected chi connectivity index (χ4v) is 1.90. The van der Waals surface area contributed by atoms with Gasteiger partial charge in [0.15, 0.2) is 0 Å². The van der Waals surface area contributed by atoms with Gasteiger partial charge in [0.25, 0.3) is 0 Å². The lowest BCUT2D eigenvalue weighted by molar-refractivity contribution is -0.150. The molecule has 0 bridgehead atoms. The summed E-state index contributed by atoms with van der Waals surface area (Å²) in [5.41, 5.74) is 0. The molecule has 0 saturated carbocycles. The van der Waals surface area contributed by atoms with Crippen LogP contribution in [0.4, 0.5) is 0 Å². The van der Waals surface area contributed by atoms with Crippen LogP contribution in [0.2, 0.25) is 0 Å². The Bertz CT molecular complexity index is 182. The van der Waals surface area contributed by atoms with E-state index in [1.54, 1.807) is 0 Å². The maximum atomic E-state index is 11.5. The molecule has 0 amide bonds. The van der Waals surface area contributed by atoms with E-state index < -0.39 is 0 Å². The number of ether oxygens (including phenoxy) is 1. The molecule has 0 aromatic heterocycles. The highest BCUT2D eigenvalue weighted by Crippen LogP contribution is 2.20. The van der Waals surface area contributed by atoms with Crippen molar-refractivity contribution in [3.05, 3.63) is 0 Å². The van der Waals surface area contributed by atoms with Crippen LogP contribution in [0.1, 0.15) is 33.6 Å². The van der Waals surface area contributed by atoms with Gasteiger partial charge in [0.2, 0.25) is 0 Å². The molecule has 3 atom stereocenters. The van der Waals surface area contributed by atoms with Crippen molar-refractivity contribution in [2.75, 3.05) is 6.61 Å². The molecule has 13 heavy (non-hydrogen) atoms. The van der Waals surface area contributed by atoms with Crippen LogP contribution in [0, 0.1) is 5.92 Å². The number of nitrogens with one attached hydrogen (secondary N) is 1. The predicted molar refractivity (Wildman–Crippen MR) is 51.4 cm³/mol. The molecule has 1 saturated heterocycles. The number of carbonyl (C=O) groups is 1. The summed E-state index contributed by atoms with van der Waals surface area (Å²) in [5.74, 6) is 0.00514. The van der Waals surface area contributed by atoms with Gasteiger partial charge in [-0.25, -0.2) is 0 Å². The van der Waals surface area contributed by atoms with Crippen molar-refractivity contribution >= 4 is 5.97 Å². The molecule has 1 aliphatic rings. The number of carbonyl (C=O) groups excluding carboxylic acids is 1. The third-order valence-electron chi connectivity index (χ3n) is 2.65. The summed E-state index contributed by atoms with van der Waals surface area (Å²) in [6, 6.07) is 0.781. The summed E-state index contributed by atoms with van der Waals surface area (Å²) < 4.78 is 5.01. The molecule has 1 rings (SSSR count). The Morgan fingerprint density at radius 3 is 2.69 bits per heavy atom. The van der Waals surface area contributed by atoms with Crippen molar-refractivity contribution < 1.29 is 9.53 Å². The first-order valence-electron chi connectivity index (χ1n) is 5.07. The Labute approximate surface area is 79.8 Å². The molecule has 0 spiro atoms. The molecular formula is C10H19NO2. The lowest BCUT2D eigenvalue weighted by Gasteiger charge is -2.32. The first kappa shape index (κ1) is 10.5. The van der Waals surface area contributed by atoms with Gasteiger partial charge < -0.3 is 10.1 Å². The number of hydrogen-bond donors (Lipinski definition) is 1. The first-order chi connectivity index (χ1) is 6.15. The zero-order valence-electron chi connectivity index (χ0n) is 8.67. The van der Waals surface area contributed by atoms with Gasteiger partial charge in [-0.05, 0) is 33.6 Å². The van der Waals surface area contributed by atoms with E-state index in [0.717, 1.165) is 12.8 Å². The minimum absolute atomic E-state index is 0.0469. The molecule has 76 valence electrons. The van der Waals surface area contributed by atoms with Crippen LogP contribution in [0.3, 0.4) is 0 Å². The Balaban J connectivity index is 2.45. The number of piperidine rings is 1. The zero-order valence-corrected chi connectivity index (χ0v) is 8.67. The Morgan fingerprint density at radius 1 is 1.46 bits per heavy atom. The van der Waals surface area contributed by atoms with Crippen LogP contribution < -0.4 is 5.32 Å². The van der Waals surface area contributed by atoms with Crippen LogP contribution in [0.25, 0.3) is 0 Å². The third kappa shape index (κ3) is 2.69. The van der Waals surface area contributed by atoms with Crippen molar-refractivity contribution in [2.24, 2.45) is 5.92 Å². The second kappa shape index (κ2) is 4.61. The smallest absolute Gasteiger partial charge is 0.310 e. The van der Waals surface area contributed by atoms with Gasteiger partial charge in [-0.3, -0.25) is 4.79 Å². The van der Waals surface area contributed by atoms with Crippen LogP contribution >= 0.6 is 0 Å². The average Bonchev–Trinajstić information content (AvgIpc) is 2.04. The molecule has 3 nitrogen and oxygen atoms in total. The normalized spacial score (nSPS) is 34.2. The minimum atomic E-state index is -0.0469. The Hall–Kier alpha value is -0.570. The quantitative estimate of drug-likeness (QED) is 0.659. The highest BCUT2D eigenvalue weighted by Gasteiger charge is 2.30. The molecule has 1 fully saturated rings. The highest BCUT2D eigenvalue weighted by atomic mass is 16.5. The molecule has 0 aromatic carbocycles. The summed E-state index contributed by atoms with van der Waals surface area (Å²) in [7, 11) is 0. The average molecular weight is 185 g/mol. The van der Waals surface area contributed by atoms with Crippen molar-refractivity contribution in [3.8, 4) is 0 Å². The van der Waals surface area contributed by atoms with Gasteiger partial charge in [0, 0.05) is 12.1 Å². The maximum absolute atomic E-state index is 11.5. The monoisotopic (exact) mass is 185 g/mol. The van der Waals surface area contributed by atoms with Crippen molar-refractivity contribution in [1.29, 1.82) is 0 Å². The molecular weight excluding hydrogens is 166 g/mol. The van der Waals surface area contributed by atoms with Gasteiger partial charge in [0.05, 0.1) is 12.5 Å². The Kier molecular flexibility index (Phi) is 3.72. The van der Waals surface area contributed by atoms with E-state index in [9.17, 15) is 4.79 Å². The molecule has 1 N–H and O–H groups in total. The number of hydrogen-bond acceptors (Lipinski definition) is 3. The van der Waals surface area contributed by atoms with E-state index in [-0.39, 0.29) is 17.9 Å². The van der Waals surface area contributed by atoms with E-state index in [2.05, 4.69) is 19.2 Å². The van der Waals surface area contributed by atoms with Gasteiger partial charge in [-0.2, -0.15) is 0 Å². The summed E-state index contributed by atoms with van der Waals surface area (Å²) >= 11 is 0. The summed E-state index contributed by atoms with van der Waals surface area (Å²) in [4.78, 5) is 11.5. The fraction of sp³-hybridized carbons (Fsp3) is 0.900. The lowest BCUT2D eigenvalue weighted by Crippen LogP contribution is -2.47. The molecule has 3 heteroatoms. The van der Waals surface area contributed by atoms with Gasteiger partial charge in [0.1, 0.15) is 0 Å². The fourth-order valence-electron chi connectivity index (χ4n) is 1.90. The van der Waals surface area contributed by atoms with E-state index >= 15 is 0 Å². The topological polar surface area (TPSA) is 38.3 Å². The molecule has 0 aliphatic carbocycles. The van der Waals surface area contributed by atoms with Gasteiger partial charge >= 0.3 is 5.97 Å². The summed E-state index contributed by atoms with van der Waals surface area (Å²) in [6.45, 7) is 6.54. The molecule has 0 unspecified atom stereocenters. The van der Waals surface area contributed by atoms with Crippen LogP contribution in [0.15, 0.2) is 0 Å². The van der Waals surface area contributed by atoms with Gasteiger partial charge in [-0.1, -0.05) is 0 Å².